The third kappa shape index (κ3) is 11.3. The molecule has 97 heavy (non-hydrogen) atoms. The molecule has 492 valence electrons. The van der Waals surface area contributed by atoms with Gasteiger partial charge in [-0.15, -0.1) is 0 Å². The molecule has 6 aromatic heterocycles. The molecule has 0 unspecified atom stereocenters. The molecule has 15 aromatic rings. The van der Waals surface area contributed by atoms with Gasteiger partial charge in [0.1, 0.15) is 72.1 Å². The number of nitrogens with zero attached hydrogens (tertiary/aromatic N) is 3. The number of halogens is 3. The number of rotatable bonds is 6. The first kappa shape index (κ1) is 66.7. The predicted octanol–water partition coefficient (Wildman–Crippen LogP) is 20.8. The third-order valence-electron chi connectivity index (χ3n) is 20.6. The molecule has 6 nitrogen and oxygen atoms in total. The smallest absolute Gasteiger partial charge is 0.216 e. The van der Waals surface area contributed by atoms with Crippen LogP contribution < -0.4 is 29.3 Å². The Morgan fingerprint density at radius 2 is 0.619 bits per heavy atom. The van der Waals surface area contributed by atoms with Crippen molar-refractivity contribution in [3.63, 3.8) is 0 Å². The van der Waals surface area contributed by atoms with Crippen LogP contribution in [0.2, 0.25) is 58.9 Å². The summed E-state index contributed by atoms with van der Waals surface area (Å²) in [5, 5.41) is 14.3. The molecular formula is C85H89F3N3O3Si3+3. The molecule has 0 N–H and O–H groups in total. The zero-order chi connectivity index (χ0) is 69.7. The lowest BCUT2D eigenvalue weighted by molar-refractivity contribution is -0.633. The van der Waals surface area contributed by atoms with Crippen molar-refractivity contribution >= 4 is 138 Å². The van der Waals surface area contributed by atoms with Crippen LogP contribution >= 0.6 is 0 Å². The van der Waals surface area contributed by atoms with Gasteiger partial charge in [0.25, 0.3) is 0 Å². The summed E-state index contributed by atoms with van der Waals surface area (Å²) in [6.07, 6.45) is 0. The van der Waals surface area contributed by atoms with Gasteiger partial charge in [-0.1, -0.05) is 89.3 Å². The molecular weight excluding hydrogens is 1250 g/mol. The highest BCUT2D eigenvalue weighted by molar-refractivity contribution is 6.91. The predicted molar refractivity (Wildman–Crippen MR) is 410 cm³/mol. The summed E-state index contributed by atoms with van der Waals surface area (Å²) < 4.78 is 68.7. The Hall–Kier alpha value is -8.95. The monoisotopic (exact) mass is 1340 g/mol. The van der Waals surface area contributed by atoms with Gasteiger partial charge >= 0.3 is 0 Å². The molecule has 0 amide bonds. The molecule has 0 saturated carbocycles. The third-order valence-corrected chi connectivity index (χ3v) is 26.7. The van der Waals surface area contributed by atoms with Gasteiger partial charge < -0.3 is 13.3 Å². The average Bonchev–Trinajstić information content (AvgIpc) is 1.64. The summed E-state index contributed by atoms with van der Waals surface area (Å²) in [6, 6.07) is 47.6. The molecule has 9 aromatic carbocycles. The van der Waals surface area contributed by atoms with E-state index >= 15 is 0 Å². The van der Waals surface area contributed by atoms with Crippen LogP contribution in [0.1, 0.15) is 55.6 Å². The van der Waals surface area contributed by atoms with E-state index in [1.165, 1.54) is 105 Å². The maximum absolute atomic E-state index is 14.4. The van der Waals surface area contributed by atoms with E-state index in [2.05, 4.69) is 246 Å². The Kier molecular flexibility index (Phi) is 16.5. The second kappa shape index (κ2) is 24.0. The lowest BCUT2D eigenvalue weighted by Gasteiger charge is -2.20. The minimum Gasteiger partial charge on any atom is -0.455 e. The van der Waals surface area contributed by atoms with Crippen LogP contribution in [0, 0.1) is 86.7 Å². The summed E-state index contributed by atoms with van der Waals surface area (Å²) in [7, 11) is 1.52. The molecule has 0 spiro atoms. The largest absolute Gasteiger partial charge is 0.455 e. The van der Waals surface area contributed by atoms with Crippen LogP contribution in [0.25, 0.3) is 132 Å². The van der Waals surface area contributed by atoms with Crippen LogP contribution in [-0.4, -0.2) is 24.2 Å². The van der Waals surface area contributed by atoms with Crippen molar-refractivity contribution in [1.82, 2.24) is 0 Å². The summed E-state index contributed by atoms with van der Waals surface area (Å²) in [4.78, 5) is 0. The van der Waals surface area contributed by atoms with Crippen molar-refractivity contribution in [2.24, 2.45) is 21.1 Å². The normalized spacial score (nSPS) is 12.4. The maximum Gasteiger partial charge on any atom is 0.216 e. The molecule has 0 fully saturated rings. The van der Waals surface area contributed by atoms with Crippen molar-refractivity contribution < 1.29 is 40.1 Å². The summed E-state index contributed by atoms with van der Waals surface area (Å²) in [6.45, 7) is 42.3. The van der Waals surface area contributed by atoms with Gasteiger partial charge in [-0.2, -0.15) is 13.7 Å². The zero-order valence-electron chi connectivity index (χ0n) is 60.5. The van der Waals surface area contributed by atoms with E-state index in [1.807, 2.05) is 18.2 Å². The molecule has 0 aliphatic heterocycles. The first-order valence-corrected chi connectivity index (χ1v) is 44.3. The Morgan fingerprint density at radius 3 is 1.03 bits per heavy atom. The minimum absolute atomic E-state index is 0.232. The molecule has 0 aliphatic carbocycles. The molecule has 6 heterocycles. The zero-order valence-corrected chi connectivity index (χ0v) is 63.5. The summed E-state index contributed by atoms with van der Waals surface area (Å²) in [5.74, 6) is -0.744. The number of aromatic nitrogens is 3. The molecule has 0 bridgehead atoms. The number of furan rings is 3. The second-order valence-electron chi connectivity index (χ2n) is 30.6. The molecule has 12 heteroatoms. The fraction of sp³-hybridized carbons (Fsp3) is 0.259. The topological polar surface area (TPSA) is 51.1 Å². The van der Waals surface area contributed by atoms with Gasteiger partial charge in [0.15, 0.2) is 0 Å². The Labute approximate surface area is 570 Å². The van der Waals surface area contributed by atoms with Gasteiger partial charge in [-0.3, -0.25) is 0 Å². The average molecular weight is 1340 g/mol. The number of fused-ring (bicyclic) bond motifs is 12. The Balaban J connectivity index is 0.000000131. The lowest BCUT2D eigenvalue weighted by atomic mass is 9.95. The maximum atomic E-state index is 14.4. The molecule has 0 saturated heterocycles. The second-order valence-corrected chi connectivity index (χ2v) is 45.8. The van der Waals surface area contributed by atoms with Gasteiger partial charge in [-0.05, 0) is 196 Å². The Bertz CT molecular complexity index is 5850. The van der Waals surface area contributed by atoms with E-state index in [0.717, 1.165) is 88.4 Å². The van der Waals surface area contributed by atoms with Gasteiger partial charge in [-0.25, -0.2) is 13.2 Å². The van der Waals surface area contributed by atoms with Gasteiger partial charge in [0.05, 0.1) is 40.9 Å². The standard InChI is InChI=1S/C29H31FNOSi.2C28H29FNOSi/c1-16-9-10-21-24(13-16)31(5)25(15-26(21)33(6,7)8)27-18(3)17(2)14-22-20-11-12-23(30)19(4)28(20)32-29(22)27;1-16-8-10-21-23(12-16)30(4)24(15-26(21)32(5,6)7)27-18(3)17(2)13-22-20-11-9-19(29)14-25(20)31-28(22)27;1-16-8-10-21-23(14-16)30(4)24(15-25(21)32(5,6)7)26-17(2)9-11-20-19-12-13-22(29)18(3)27(19)31-28(20)26/h9-15H,1-8H3;2*8-15H,1-7H3/q3*+1. The van der Waals surface area contributed by atoms with Crippen molar-refractivity contribution in [3.8, 4) is 33.8 Å². The molecule has 0 atom stereocenters. The van der Waals surface area contributed by atoms with Crippen LogP contribution in [0.5, 0.6) is 0 Å². The van der Waals surface area contributed by atoms with E-state index in [4.69, 9.17) is 13.3 Å². The van der Waals surface area contributed by atoms with Crippen molar-refractivity contribution in [1.29, 1.82) is 0 Å². The van der Waals surface area contributed by atoms with Crippen LogP contribution in [-0.2, 0) is 21.1 Å². The fourth-order valence-electron chi connectivity index (χ4n) is 14.8. The van der Waals surface area contributed by atoms with Crippen molar-refractivity contribution in [3.05, 3.63) is 213 Å². The van der Waals surface area contributed by atoms with Crippen molar-refractivity contribution in [2.45, 2.75) is 128 Å². The lowest BCUT2D eigenvalue weighted by Crippen LogP contribution is -2.43. The molecule has 15 rings (SSSR count). The highest BCUT2D eigenvalue weighted by Gasteiger charge is 2.34. The molecule has 0 aliphatic rings. The number of benzene rings is 9. The van der Waals surface area contributed by atoms with Crippen LogP contribution in [0.15, 0.2) is 153 Å². The first-order chi connectivity index (χ1) is 45.6. The van der Waals surface area contributed by atoms with E-state index in [9.17, 15) is 13.2 Å². The van der Waals surface area contributed by atoms with E-state index in [0.29, 0.717) is 27.9 Å². The van der Waals surface area contributed by atoms with Crippen LogP contribution in [0.3, 0.4) is 0 Å². The Morgan fingerprint density at radius 1 is 0.289 bits per heavy atom. The van der Waals surface area contributed by atoms with E-state index in [-0.39, 0.29) is 17.5 Å². The van der Waals surface area contributed by atoms with Crippen LogP contribution in [0.4, 0.5) is 13.2 Å². The van der Waals surface area contributed by atoms with E-state index < -0.39 is 24.2 Å². The highest BCUT2D eigenvalue weighted by Crippen LogP contribution is 2.43. The van der Waals surface area contributed by atoms with Gasteiger partial charge in [0, 0.05) is 102 Å². The number of aryl methyl sites for hydroxylation is 11. The highest BCUT2D eigenvalue weighted by atomic mass is 28.3. The summed E-state index contributed by atoms with van der Waals surface area (Å²) in [5.41, 5.74) is 25.6. The quantitative estimate of drug-likeness (QED) is 0.123. The molecule has 0 radical (unpaired) electrons. The minimum atomic E-state index is -1.64. The number of pyridine rings is 3. The van der Waals surface area contributed by atoms with E-state index in [1.54, 1.807) is 19.9 Å². The SMILES string of the molecule is Cc1ccc2c([Si](C)(C)C)cc(-c3c(C)c(C)cc4c3oc3c(C)c(F)ccc34)[n+](C)c2c1.Cc1ccc2c([Si](C)(C)C)cc(-c3c(C)c(C)cc4c3oc3cc(F)ccc34)[n+](C)c2c1.Cc1ccc2c([Si](C)(C)C)cc(-c3c(C)ccc4c3oc3c(C)c(F)ccc34)[n+](C)c2c1. The fourth-order valence-corrected chi connectivity index (χ4v) is 19.6. The van der Waals surface area contributed by atoms with Crippen molar-refractivity contribution in [2.75, 3.05) is 0 Å². The number of hydrogen-bond donors (Lipinski definition) is 0. The summed E-state index contributed by atoms with van der Waals surface area (Å²) >= 11 is 0. The first-order valence-electron chi connectivity index (χ1n) is 33.8. The van der Waals surface area contributed by atoms with Gasteiger partial charge in [0.2, 0.25) is 33.6 Å². The number of hydrogen-bond acceptors (Lipinski definition) is 3.